The highest BCUT2D eigenvalue weighted by Crippen LogP contribution is 2.35. The molecule has 0 bridgehead atoms. The zero-order valence-electron chi connectivity index (χ0n) is 20.6. The summed E-state index contributed by atoms with van der Waals surface area (Å²) in [5, 5.41) is 15.0. The van der Waals surface area contributed by atoms with Gasteiger partial charge < -0.3 is 30.4 Å². The van der Waals surface area contributed by atoms with Gasteiger partial charge in [0.05, 0.1) is 11.4 Å². The van der Waals surface area contributed by atoms with E-state index >= 15 is 0 Å². The SMILES string of the molecule is C[C@@H](CC/C=C/C(=O)Nc1ccccc1N)[C@H](OC(=O)Nc1ccc2c(c1)OCO2)c1ccc(O)c(F)c1. The van der Waals surface area contributed by atoms with Crippen molar-refractivity contribution < 1.29 is 33.3 Å². The van der Waals surface area contributed by atoms with Crippen molar-refractivity contribution in [3.05, 3.63) is 84.2 Å². The van der Waals surface area contributed by atoms with Gasteiger partial charge >= 0.3 is 6.09 Å². The third-order valence-electron chi connectivity index (χ3n) is 5.95. The van der Waals surface area contributed by atoms with Crippen molar-refractivity contribution in [1.29, 1.82) is 0 Å². The van der Waals surface area contributed by atoms with E-state index < -0.39 is 23.8 Å². The molecule has 1 heterocycles. The van der Waals surface area contributed by atoms with E-state index in [-0.39, 0.29) is 18.6 Å². The van der Waals surface area contributed by atoms with Crippen molar-refractivity contribution in [2.45, 2.75) is 25.9 Å². The quantitative estimate of drug-likeness (QED) is 0.208. The zero-order valence-corrected chi connectivity index (χ0v) is 20.6. The number of phenols is 1. The summed E-state index contributed by atoms with van der Waals surface area (Å²) in [5.41, 5.74) is 7.65. The van der Waals surface area contributed by atoms with Gasteiger partial charge in [-0.25, -0.2) is 9.18 Å². The van der Waals surface area contributed by atoms with Gasteiger partial charge in [0, 0.05) is 11.8 Å². The summed E-state index contributed by atoms with van der Waals surface area (Å²) in [5.74, 6) is -0.844. The maximum Gasteiger partial charge on any atom is 0.412 e. The molecule has 3 aromatic rings. The first kappa shape index (κ1) is 26.3. The van der Waals surface area contributed by atoms with Crippen LogP contribution in [0.25, 0.3) is 0 Å². The molecule has 0 fully saturated rings. The van der Waals surface area contributed by atoms with Crippen LogP contribution < -0.4 is 25.8 Å². The number of allylic oxidation sites excluding steroid dienone is 1. The number of nitrogens with one attached hydrogen (secondary N) is 2. The van der Waals surface area contributed by atoms with Gasteiger partial charge in [0.15, 0.2) is 23.1 Å². The Morgan fingerprint density at radius 1 is 1.11 bits per heavy atom. The number of carbonyl (C=O) groups excluding carboxylic acids is 2. The van der Waals surface area contributed by atoms with Gasteiger partial charge in [-0.05, 0) is 66.8 Å². The summed E-state index contributed by atoms with van der Waals surface area (Å²) in [4.78, 5) is 25.0. The molecule has 9 nitrogen and oxygen atoms in total. The van der Waals surface area contributed by atoms with Gasteiger partial charge in [-0.15, -0.1) is 0 Å². The molecule has 0 aliphatic carbocycles. The number of phenolic OH excluding ortho intramolecular Hbond substituents is 1. The van der Waals surface area contributed by atoms with Crippen LogP contribution in [-0.2, 0) is 9.53 Å². The summed E-state index contributed by atoms with van der Waals surface area (Å²) in [6.07, 6.45) is 2.54. The highest BCUT2D eigenvalue weighted by molar-refractivity contribution is 6.01. The summed E-state index contributed by atoms with van der Waals surface area (Å²) in [6, 6.07) is 15.7. The third-order valence-corrected chi connectivity index (χ3v) is 5.95. The topological polar surface area (TPSA) is 132 Å². The lowest BCUT2D eigenvalue weighted by Gasteiger charge is -2.25. The number of para-hydroxylation sites is 2. The van der Waals surface area contributed by atoms with Gasteiger partial charge in [-0.2, -0.15) is 0 Å². The standard InChI is InChI=1S/C28H28FN3O6/c1-17(6-2-5-9-26(34)32-22-8-4-3-7-21(22)30)27(18-10-12-23(33)20(29)14-18)38-28(35)31-19-11-13-24-25(15-19)37-16-36-24/h3-5,7-15,17,27,33H,2,6,16,30H2,1H3,(H,31,35)(H,32,34)/b9-5+/t17-,27-/m0/s1. The predicted molar refractivity (Wildman–Crippen MR) is 140 cm³/mol. The van der Waals surface area contributed by atoms with Crippen LogP contribution in [0.15, 0.2) is 72.8 Å². The maximum atomic E-state index is 14.1. The fourth-order valence-corrected chi connectivity index (χ4v) is 3.94. The first-order valence-corrected chi connectivity index (χ1v) is 12.0. The number of hydrogen-bond acceptors (Lipinski definition) is 7. The second-order valence-electron chi connectivity index (χ2n) is 8.76. The number of fused-ring (bicyclic) bond motifs is 1. The summed E-state index contributed by atoms with van der Waals surface area (Å²) < 4.78 is 30.4. The lowest BCUT2D eigenvalue weighted by molar-refractivity contribution is -0.111. The van der Waals surface area contributed by atoms with Gasteiger partial charge in [0.1, 0.15) is 6.10 Å². The molecule has 0 radical (unpaired) electrons. The molecule has 0 spiro atoms. The van der Waals surface area contributed by atoms with Crippen molar-refractivity contribution in [3.63, 3.8) is 0 Å². The molecule has 3 aromatic carbocycles. The Balaban J connectivity index is 1.39. The van der Waals surface area contributed by atoms with Crippen LogP contribution in [-0.4, -0.2) is 23.9 Å². The molecule has 2 amide bonds. The minimum Gasteiger partial charge on any atom is -0.505 e. The number of benzene rings is 3. The molecule has 10 heteroatoms. The number of halogens is 1. The lowest BCUT2D eigenvalue weighted by atomic mass is 9.93. The summed E-state index contributed by atoms with van der Waals surface area (Å²) in [7, 11) is 0. The van der Waals surface area contributed by atoms with Crippen molar-refractivity contribution in [3.8, 4) is 17.2 Å². The van der Waals surface area contributed by atoms with E-state index in [0.717, 1.165) is 6.07 Å². The summed E-state index contributed by atoms with van der Waals surface area (Å²) in [6.45, 7) is 1.95. The fourth-order valence-electron chi connectivity index (χ4n) is 3.94. The Hall–Kier alpha value is -4.73. The monoisotopic (exact) mass is 521 g/mol. The average molecular weight is 522 g/mol. The number of aromatic hydroxyl groups is 1. The number of anilines is 3. The molecule has 198 valence electrons. The minimum atomic E-state index is -0.828. The van der Waals surface area contributed by atoms with Crippen LogP contribution in [0.1, 0.15) is 31.4 Å². The van der Waals surface area contributed by atoms with E-state index in [1.165, 1.54) is 18.2 Å². The van der Waals surface area contributed by atoms with Crippen molar-refractivity contribution in [2.75, 3.05) is 23.2 Å². The Morgan fingerprint density at radius 2 is 1.89 bits per heavy atom. The van der Waals surface area contributed by atoms with Crippen LogP contribution in [0, 0.1) is 11.7 Å². The normalized spacial score (nSPS) is 13.6. The van der Waals surface area contributed by atoms with E-state index in [9.17, 15) is 19.1 Å². The maximum absolute atomic E-state index is 14.1. The van der Waals surface area contributed by atoms with E-state index in [4.69, 9.17) is 19.9 Å². The van der Waals surface area contributed by atoms with E-state index in [2.05, 4.69) is 10.6 Å². The Labute approximate surface area is 219 Å². The highest BCUT2D eigenvalue weighted by atomic mass is 19.1. The molecule has 2 atom stereocenters. The largest absolute Gasteiger partial charge is 0.505 e. The molecular formula is C28H28FN3O6. The van der Waals surface area contributed by atoms with Crippen LogP contribution in [0.5, 0.6) is 17.2 Å². The molecule has 0 saturated carbocycles. The first-order chi connectivity index (χ1) is 18.3. The molecule has 0 unspecified atom stereocenters. The average Bonchev–Trinajstić information content (AvgIpc) is 3.36. The third kappa shape index (κ3) is 6.73. The Kier molecular flexibility index (Phi) is 8.32. The van der Waals surface area contributed by atoms with E-state index in [1.807, 2.05) is 6.92 Å². The van der Waals surface area contributed by atoms with Gasteiger partial charge in [-0.3, -0.25) is 10.1 Å². The highest BCUT2D eigenvalue weighted by Gasteiger charge is 2.25. The number of rotatable bonds is 9. The van der Waals surface area contributed by atoms with E-state index in [0.29, 0.717) is 47.0 Å². The van der Waals surface area contributed by atoms with Gasteiger partial charge in [0.2, 0.25) is 12.7 Å². The second kappa shape index (κ2) is 12.0. The molecular weight excluding hydrogens is 493 g/mol. The number of nitrogens with two attached hydrogens (primary N) is 1. The smallest absolute Gasteiger partial charge is 0.412 e. The number of carbonyl (C=O) groups is 2. The Morgan fingerprint density at radius 3 is 2.68 bits per heavy atom. The van der Waals surface area contributed by atoms with Crippen LogP contribution in [0.4, 0.5) is 26.2 Å². The second-order valence-corrected chi connectivity index (χ2v) is 8.76. The predicted octanol–water partition coefficient (Wildman–Crippen LogP) is 5.74. The molecule has 1 aliphatic heterocycles. The number of amides is 2. The van der Waals surface area contributed by atoms with Crippen LogP contribution >= 0.6 is 0 Å². The molecule has 0 aromatic heterocycles. The molecule has 1 aliphatic rings. The molecule has 5 N–H and O–H groups in total. The van der Waals surface area contributed by atoms with Crippen LogP contribution in [0.3, 0.4) is 0 Å². The Bertz CT molecular complexity index is 1350. The lowest BCUT2D eigenvalue weighted by Crippen LogP contribution is -2.22. The zero-order chi connectivity index (χ0) is 27.1. The molecule has 4 rings (SSSR count). The van der Waals surface area contributed by atoms with Crippen molar-refractivity contribution in [1.82, 2.24) is 0 Å². The molecule has 38 heavy (non-hydrogen) atoms. The number of hydrogen-bond donors (Lipinski definition) is 4. The van der Waals surface area contributed by atoms with Gasteiger partial charge in [0.25, 0.3) is 0 Å². The van der Waals surface area contributed by atoms with Crippen molar-refractivity contribution >= 4 is 29.1 Å². The minimum absolute atomic E-state index is 0.103. The first-order valence-electron chi connectivity index (χ1n) is 12.0. The number of nitrogen functional groups attached to an aromatic ring is 1. The molecule has 0 saturated heterocycles. The van der Waals surface area contributed by atoms with Crippen LogP contribution in [0.2, 0.25) is 0 Å². The van der Waals surface area contributed by atoms with E-state index in [1.54, 1.807) is 48.5 Å². The fraction of sp³-hybridized carbons (Fsp3) is 0.214. The van der Waals surface area contributed by atoms with Gasteiger partial charge in [-0.1, -0.05) is 31.2 Å². The summed E-state index contributed by atoms with van der Waals surface area (Å²) >= 11 is 0. The number of ether oxygens (including phenoxy) is 3. The van der Waals surface area contributed by atoms with Crippen molar-refractivity contribution in [2.24, 2.45) is 5.92 Å².